The van der Waals surface area contributed by atoms with E-state index in [1.165, 1.54) is 0 Å². The van der Waals surface area contributed by atoms with Gasteiger partial charge in [-0.25, -0.2) is 0 Å². The Balaban J connectivity index is 3.02. The first-order valence-corrected chi connectivity index (χ1v) is 4.89. The third-order valence-electron chi connectivity index (χ3n) is 2.27. The van der Waals surface area contributed by atoms with Crippen LogP contribution >= 0.6 is 0 Å². The highest BCUT2D eigenvalue weighted by Crippen LogP contribution is 2.18. The summed E-state index contributed by atoms with van der Waals surface area (Å²) in [6.07, 6.45) is 0. The first kappa shape index (κ1) is 12.2. The molecule has 0 fully saturated rings. The standard InChI is InChI=1S/C11H15N3O2/c1-6-8(10(13)15)4-3-5-9(6)14-11(16)7(2)12/h3-5,7H,12H2,1-2H3,(H2,13,15)(H,14,16)/t7-/m1/s1. The molecule has 5 heteroatoms. The van der Waals surface area contributed by atoms with Gasteiger partial charge in [0.1, 0.15) is 0 Å². The minimum absolute atomic E-state index is 0.301. The molecule has 0 radical (unpaired) electrons. The number of rotatable bonds is 3. The van der Waals surface area contributed by atoms with Gasteiger partial charge in [-0.2, -0.15) is 0 Å². The van der Waals surface area contributed by atoms with Crippen molar-refractivity contribution >= 4 is 17.5 Å². The Morgan fingerprint density at radius 1 is 1.38 bits per heavy atom. The molecule has 0 aliphatic carbocycles. The van der Waals surface area contributed by atoms with E-state index in [2.05, 4.69) is 5.32 Å². The molecule has 16 heavy (non-hydrogen) atoms. The van der Waals surface area contributed by atoms with E-state index >= 15 is 0 Å². The molecule has 0 bridgehead atoms. The zero-order chi connectivity index (χ0) is 12.3. The summed E-state index contributed by atoms with van der Waals surface area (Å²) in [4.78, 5) is 22.5. The maximum atomic E-state index is 11.4. The minimum Gasteiger partial charge on any atom is -0.366 e. The van der Waals surface area contributed by atoms with Crippen molar-refractivity contribution < 1.29 is 9.59 Å². The molecule has 0 unspecified atom stereocenters. The molecule has 0 saturated carbocycles. The SMILES string of the molecule is Cc1c(NC(=O)[C@@H](C)N)cccc1C(N)=O. The molecule has 1 rings (SSSR count). The van der Waals surface area contributed by atoms with Crippen LogP contribution in [-0.2, 0) is 4.79 Å². The number of carbonyl (C=O) groups is 2. The molecular formula is C11H15N3O2. The van der Waals surface area contributed by atoms with E-state index < -0.39 is 11.9 Å². The van der Waals surface area contributed by atoms with Crippen LogP contribution < -0.4 is 16.8 Å². The van der Waals surface area contributed by atoms with E-state index in [-0.39, 0.29) is 5.91 Å². The van der Waals surface area contributed by atoms with E-state index in [9.17, 15) is 9.59 Å². The van der Waals surface area contributed by atoms with Crippen LogP contribution in [0.4, 0.5) is 5.69 Å². The number of hydrogen-bond donors (Lipinski definition) is 3. The smallest absolute Gasteiger partial charge is 0.249 e. The van der Waals surface area contributed by atoms with E-state index in [1.807, 2.05) is 0 Å². The fraction of sp³-hybridized carbons (Fsp3) is 0.273. The third-order valence-corrected chi connectivity index (χ3v) is 2.27. The van der Waals surface area contributed by atoms with Crippen LogP contribution in [0.2, 0.25) is 0 Å². The van der Waals surface area contributed by atoms with Gasteiger partial charge in [0, 0.05) is 11.3 Å². The highest BCUT2D eigenvalue weighted by Gasteiger charge is 2.12. The maximum absolute atomic E-state index is 11.4. The van der Waals surface area contributed by atoms with Crippen LogP contribution in [0.25, 0.3) is 0 Å². The average molecular weight is 221 g/mol. The molecule has 5 nitrogen and oxygen atoms in total. The topological polar surface area (TPSA) is 98.2 Å². The first-order valence-electron chi connectivity index (χ1n) is 4.89. The van der Waals surface area contributed by atoms with Crippen molar-refractivity contribution in [1.82, 2.24) is 0 Å². The Hall–Kier alpha value is -1.88. The summed E-state index contributed by atoms with van der Waals surface area (Å²) >= 11 is 0. The molecule has 0 aliphatic heterocycles. The molecule has 0 saturated heterocycles. The Morgan fingerprint density at radius 3 is 2.50 bits per heavy atom. The Morgan fingerprint density at radius 2 is 2.00 bits per heavy atom. The van der Waals surface area contributed by atoms with Gasteiger partial charge in [0.05, 0.1) is 6.04 Å². The van der Waals surface area contributed by atoms with Gasteiger partial charge in [-0.1, -0.05) is 6.07 Å². The van der Waals surface area contributed by atoms with Crippen molar-refractivity contribution in [2.45, 2.75) is 19.9 Å². The summed E-state index contributed by atoms with van der Waals surface area (Å²) in [5, 5.41) is 2.63. The Kier molecular flexibility index (Phi) is 3.63. The predicted octanol–water partition coefficient (Wildman–Crippen LogP) is 0.380. The van der Waals surface area contributed by atoms with Crippen molar-refractivity contribution in [3.05, 3.63) is 29.3 Å². The van der Waals surface area contributed by atoms with E-state index in [1.54, 1.807) is 32.0 Å². The van der Waals surface area contributed by atoms with Crippen molar-refractivity contribution in [2.24, 2.45) is 11.5 Å². The molecule has 0 aromatic heterocycles. The van der Waals surface area contributed by atoms with Crippen LogP contribution in [0.15, 0.2) is 18.2 Å². The van der Waals surface area contributed by atoms with Crippen LogP contribution in [0, 0.1) is 6.92 Å². The lowest BCUT2D eigenvalue weighted by Gasteiger charge is -2.12. The summed E-state index contributed by atoms with van der Waals surface area (Å²) in [5.41, 5.74) is 12.2. The molecular weight excluding hydrogens is 206 g/mol. The summed E-state index contributed by atoms with van der Waals surface area (Å²) in [6, 6.07) is 4.36. The zero-order valence-corrected chi connectivity index (χ0v) is 9.28. The van der Waals surface area contributed by atoms with Gasteiger partial charge in [-0.3, -0.25) is 9.59 Å². The molecule has 86 valence electrons. The van der Waals surface area contributed by atoms with Crippen LogP contribution in [0.1, 0.15) is 22.8 Å². The molecule has 1 atom stereocenters. The molecule has 5 N–H and O–H groups in total. The number of benzene rings is 1. The molecule has 0 heterocycles. The van der Waals surface area contributed by atoms with Crippen LogP contribution in [0.3, 0.4) is 0 Å². The zero-order valence-electron chi connectivity index (χ0n) is 9.28. The van der Waals surface area contributed by atoms with E-state index in [0.29, 0.717) is 16.8 Å². The van der Waals surface area contributed by atoms with Crippen LogP contribution in [0.5, 0.6) is 0 Å². The number of carbonyl (C=O) groups excluding carboxylic acids is 2. The number of amides is 2. The largest absolute Gasteiger partial charge is 0.366 e. The second kappa shape index (κ2) is 4.76. The first-order chi connectivity index (χ1) is 7.43. The van der Waals surface area contributed by atoms with Crippen molar-refractivity contribution in [3.8, 4) is 0 Å². The molecule has 2 amide bonds. The number of hydrogen-bond acceptors (Lipinski definition) is 3. The highest BCUT2D eigenvalue weighted by molar-refractivity contribution is 5.99. The fourth-order valence-corrected chi connectivity index (χ4v) is 1.28. The van der Waals surface area contributed by atoms with E-state index in [0.717, 1.165) is 0 Å². The van der Waals surface area contributed by atoms with Crippen molar-refractivity contribution in [1.29, 1.82) is 0 Å². The van der Waals surface area contributed by atoms with Gasteiger partial charge in [-0.15, -0.1) is 0 Å². The summed E-state index contributed by atoms with van der Waals surface area (Å²) in [7, 11) is 0. The lowest BCUT2D eigenvalue weighted by Crippen LogP contribution is -2.32. The van der Waals surface area contributed by atoms with Gasteiger partial charge < -0.3 is 16.8 Å². The summed E-state index contributed by atoms with van der Waals surface area (Å²) < 4.78 is 0. The number of anilines is 1. The number of nitrogens with one attached hydrogen (secondary N) is 1. The van der Waals surface area contributed by atoms with Gasteiger partial charge in [0.25, 0.3) is 0 Å². The molecule has 0 spiro atoms. The molecule has 0 aliphatic rings. The lowest BCUT2D eigenvalue weighted by atomic mass is 10.1. The van der Waals surface area contributed by atoms with Gasteiger partial charge in [0.15, 0.2) is 0 Å². The number of primary amides is 1. The molecule has 1 aromatic carbocycles. The average Bonchev–Trinajstić information content (AvgIpc) is 2.20. The fourth-order valence-electron chi connectivity index (χ4n) is 1.28. The predicted molar refractivity (Wildman–Crippen MR) is 62.0 cm³/mol. The minimum atomic E-state index is -0.600. The van der Waals surface area contributed by atoms with Crippen LogP contribution in [-0.4, -0.2) is 17.9 Å². The second-order valence-corrected chi connectivity index (χ2v) is 3.62. The van der Waals surface area contributed by atoms with Gasteiger partial charge in [0.2, 0.25) is 11.8 Å². The van der Waals surface area contributed by atoms with Crippen molar-refractivity contribution in [3.63, 3.8) is 0 Å². The third kappa shape index (κ3) is 2.58. The van der Waals surface area contributed by atoms with Crippen molar-refractivity contribution in [2.75, 3.05) is 5.32 Å². The van der Waals surface area contributed by atoms with Gasteiger partial charge >= 0.3 is 0 Å². The quantitative estimate of drug-likeness (QED) is 0.688. The normalized spacial score (nSPS) is 11.9. The maximum Gasteiger partial charge on any atom is 0.249 e. The van der Waals surface area contributed by atoms with E-state index in [4.69, 9.17) is 11.5 Å². The number of nitrogens with two attached hydrogens (primary N) is 2. The highest BCUT2D eigenvalue weighted by atomic mass is 16.2. The van der Waals surface area contributed by atoms with Gasteiger partial charge in [-0.05, 0) is 31.5 Å². The Bertz CT molecular complexity index is 427. The molecule has 1 aromatic rings. The summed E-state index contributed by atoms with van der Waals surface area (Å²) in [6.45, 7) is 3.31. The monoisotopic (exact) mass is 221 g/mol. The summed E-state index contributed by atoms with van der Waals surface area (Å²) in [5.74, 6) is -0.820. The Labute approximate surface area is 93.8 Å². The second-order valence-electron chi connectivity index (χ2n) is 3.62. The lowest BCUT2D eigenvalue weighted by molar-refractivity contribution is -0.117.